The van der Waals surface area contributed by atoms with E-state index in [1.165, 1.54) is 11.4 Å². The summed E-state index contributed by atoms with van der Waals surface area (Å²) >= 11 is 0. The number of carbonyl (C=O) groups excluding carboxylic acids is 1. The van der Waals surface area contributed by atoms with Crippen LogP contribution in [0.3, 0.4) is 0 Å². The van der Waals surface area contributed by atoms with E-state index in [0.29, 0.717) is 6.61 Å². The van der Waals surface area contributed by atoms with E-state index in [4.69, 9.17) is 4.74 Å². The van der Waals surface area contributed by atoms with Gasteiger partial charge in [-0.15, -0.1) is 0 Å². The second-order valence-corrected chi connectivity index (χ2v) is 6.20. The average Bonchev–Trinajstić information content (AvgIpc) is 3.09. The normalized spacial score (nSPS) is 20.7. The average molecular weight is 323 g/mol. The minimum atomic E-state index is -0.332. The van der Waals surface area contributed by atoms with Gasteiger partial charge in [0.1, 0.15) is 6.61 Å². The molecule has 5 heteroatoms. The highest BCUT2D eigenvalue weighted by Crippen LogP contribution is 2.25. The molecule has 2 aliphatic rings. The Morgan fingerprint density at radius 3 is 2.21 bits per heavy atom. The number of amides is 1. The van der Waals surface area contributed by atoms with Gasteiger partial charge in [-0.1, -0.05) is 30.3 Å². The first-order chi connectivity index (χ1) is 11.8. The van der Waals surface area contributed by atoms with Gasteiger partial charge in [0.15, 0.2) is 0 Å². The molecular weight excluding hydrogens is 302 g/mol. The lowest BCUT2D eigenvalue weighted by atomic mass is 10.1. The van der Waals surface area contributed by atoms with Gasteiger partial charge in [-0.25, -0.2) is 4.79 Å². The van der Waals surface area contributed by atoms with E-state index in [2.05, 4.69) is 63.6 Å². The number of piperazine rings is 1. The maximum absolute atomic E-state index is 11.2. The maximum Gasteiger partial charge on any atom is 0.407 e. The van der Waals surface area contributed by atoms with Crippen molar-refractivity contribution >= 4 is 17.5 Å². The van der Waals surface area contributed by atoms with Crippen LogP contribution in [0.5, 0.6) is 0 Å². The molecule has 24 heavy (non-hydrogen) atoms. The zero-order valence-electron chi connectivity index (χ0n) is 13.5. The van der Waals surface area contributed by atoms with Gasteiger partial charge >= 0.3 is 6.09 Å². The number of rotatable bonds is 3. The predicted octanol–water partition coefficient (Wildman–Crippen LogP) is 2.79. The fourth-order valence-corrected chi connectivity index (χ4v) is 3.36. The summed E-state index contributed by atoms with van der Waals surface area (Å²) in [5.74, 6) is 0. The first-order valence-electron chi connectivity index (χ1n) is 8.38. The number of nitrogens with zero attached hydrogens (tertiary/aromatic N) is 2. The van der Waals surface area contributed by atoms with Gasteiger partial charge < -0.3 is 19.9 Å². The van der Waals surface area contributed by atoms with Crippen molar-refractivity contribution in [2.75, 3.05) is 42.6 Å². The minimum Gasteiger partial charge on any atom is -0.447 e. The molecule has 2 aromatic carbocycles. The molecule has 1 N–H and O–H groups in total. The van der Waals surface area contributed by atoms with E-state index >= 15 is 0 Å². The molecule has 0 aliphatic carbocycles. The Hall–Kier alpha value is -2.69. The van der Waals surface area contributed by atoms with Gasteiger partial charge in [-0.05, 0) is 29.8 Å². The molecule has 1 unspecified atom stereocenters. The maximum atomic E-state index is 11.2. The molecule has 2 aliphatic heterocycles. The van der Waals surface area contributed by atoms with Crippen LogP contribution in [0.25, 0.3) is 0 Å². The van der Waals surface area contributed by atoms with Crippen molar-refractivity contribution in [3.8, 4) is 0 Å². The number of carbonyl (C=O) groups is 1. The lowest BCUT2D eigenvalue weighted by Crippen LogP contribution is -2.46. The topological polar surface area (TPSA) is 44.8 Å². The molecule has 2 saturated heterocycles. The predicted molar refractivity (Wildman–Crippen MR) is 94.5 cm³/mol. The Kier molecular flexibility index (Phi) is 3.99. The zero-order valence-corrected chi connectivity index (χ0v) is 13.5. The number of benzene rings is 2. The van der Waals surface area contributed by atoms with Gasteiger partial charge in [-0.3, -0.25) is 0 Å². The van der Waals surface area contributed by atoms with Crippen molar-refractivity contribution in [1.29, 1.82) is 0 Å². The highest BCUT2D eigenvalue weighted by atomic mass is 16.6. The Bertz CT molecular complexity index is 712. The molecule has 0 radical (unpaired) electrons. The van der Waals surface area contributed by atoms with E-state index < -0.39 is 0 Å². The molecule has 0 saturated carbocycles. The van der Waals surface area contributed by atoms with Gasteiger partial charge in [0, 0.05) is 37.6 Å². The summed E-state index contributed by atoms with van der Waals surface area (Å²) < 4.78 is 5.00. The van der Waals surface area contributed by atoms with Crippen LogP contribution in [0.4, 0.5) is 16.2 Å². The van der Waals surface area contributed by atoms with Crippen molar-refractivity contribution in [3.63, 3.8) is 0 Å². The van der Waals surface area contributed by atoms with Gasteiger partial charge in [0.25, 0.3) is 0 Å². The standard InChI is InChI=1S/C19H21N3O2/c23-19-20-18(14-24-19)15-5-4-8-17(13-15)22-11-9-21(10-12-22)16-6-2-1-3-7-16/h1-8,13,18H,9-12,14H2,(H,20,23). The highest BCUT2D eigenvalue weighted by molar-refractivity contribution is 5.70. The Labute approximate surface area is 141 Å². The fourth-order valence-electron chi connectivity index (χ4n) is 3.36. The van der Waals surface area contributed by atoms with Crippen LogP contribution in [0, 0.1) is 0 Å². The molecule has 124 valence electrons. The lowest BCUT2D eigenvalue weighted by Gasteiger charge is -2.37. The van der Waals surface area contributed by atoms with Crippen molar-refractivity contribution in [3.05, 3.63) is 60.2 Å². The van der Waals surface area contributed by atoms with E-state index in [1.54, 1.807) is 0 Å². The smallest absolute Gasteiger partial charge is 0.407 e. The van der Waals surface area contributed by atoms with Crippen LogP contribution >= 0.6 is 0 Å². The molecule has 4 rings (SSSR count). The first-order valence-corrected chi connectivity index (χ1v) is 8.38. The van der Waals surface area contributed by atoms with Gasteiger partial charge in [0.2, 0.25) is 0 Å². The Morgan fingerprint density at radius 2 is 1.54 bits per heavy atom. The highest BCUT2D eigenvalue weighted by Gasteiger charge is 2.24. The number of hydrogen-bond donors (Lipinski definition) is 1. The monoisotopic (exact) mass is 323 g/mol. The largest absolute Gasteiger partial charge is 0.447 e. The van der Waals surface area contributed by atoms with E-state index in [-0.39, 0.29) is 12.1 Å². The minimum absolute atomic E-state index is 0.0388. The summed E-state index contributed by atoms with van der Waals surface area (Å²) in [4.78, 5) is 16.1. The number of hydrogen-bond acceptors (Lipinski definition) is 4. The van der Waals surface area contributed by atoms with Gasteiger partial charge in [0.05, 0.1) is 6.04 Å². The van der Waals surface area contributed by atoms with Crippen LogP contribution in [0.2, 0.25) is 0 Å². The summed E-state index contributed by atoms with van der Waals surface area (Å²) in [7, 11) is 0. The molecular formula is C19H21N3O2. The summed E-state index contributed by atoms with van der Waals surface area (Å²) in [5.41, 5.74) is 3.60. The summed E-state index contributed by atoms with van der Waals surface area (Å²) in [6.07, 6.45) is -0.332. The molecule has 0 bridgehead atoms. The van der Waals surface area contributed by atoms with E-state index in [1.807, 2.05) is 6.07 Å². The SMILES string of the molecule is O=C1NC(c2cccc(N3CCN(c4ccccc4)CC3)c2)CO1. The lowest BCUT2D eigenvalue weighted by molar-refractivity contribution is 0.177. The third-order valence-corrected chi connectivity index (χ3v) is 4.71. The van der Waals surface area contributed by atoms with Gasteiger partial charge in [-0.2, -0.15) is 0 Å². The Morgan fingerprint density at radius 1 is 0.875 bits per heavy atom. The second-order valence-electron chi connectivity index (χ2n) is 6.20. The van der Waals surface area contributed by atoms with Crippen molar-refractivity contribution in [2.45, 2.75) is 6.04 Å². The summed E-state index contributed by atoms with van der Waals surface area (Å²) in [5, 5.41) is 2.84. The van der Waals surface area contributed by atoms with Crippen molar-refractivity contribution < 1.29 is 9.53 Å². The zero-order chi connectivity index (χ0) is 16.4. The van der Waals surface area contributed by atoms with Crippen LogP contribution in [0.1, 0.15) is 11.6 Å². The number of cyclic esters (lactones) is 1. The third-order valence-electron chi connectivity index (χ3n) is 4.71. The number of anilines is 2. The molecule has 0 aromatic heterocycles. The molecule has 2 fully saturated rings. The molecule has 2 aromatic rings. The number of para-hydroxylation sites is 1. The molecule has 2 heterocycles. The quantitative estimate of drug-likeness (QED) is 0.943. The Balaban J connectivity index is 1.43. The molecule has 0 spiro atoms. The van der Waals surface area contributed by atoms with Crippen LogP contribution < -0.4 is 15.1 Å². The van der Waals surface area contributed by atoms with E-state index in [9.17, 15) is 4.79 Å². The third kappa shape index (κ3) is 3.02. The van der Waals surface area contributed by atoms with Crippen molar-refractivity contribution in [2.24, 2.45) is 0 Å². The van der Waals surface area contributed by atoms with Crippen LogP contribution in [0.15, 0.2) is 54.6 Å². The second kappa shape index (κ2) is 6.43. The van der Waals surface area contributed by atoms with E-state index in [0.717, 1.165) is 31.7 Å². The van der Waals surface area contributed by atoms with Crippen molar-refractivity contribution in [1.82, 2.24) is 5.32 Å². The number of ether oxygens (including phenoxy) is 1. The summed E-state index contributed by atoms with van der Waals surface area (Å²) in [6.45, 7) is 4.41. The molecule has 1 atom stereocenters. The number of alkyl carbamates (subject to hydrolysis) is 1. The number of nitrogens with one attached hydrogen (secondary N) is 1. The van der Waals surface area contributed by atoms with Crippen LogP contribution in [-0.2, 0) is 4.74 Å². The molecule has 1 amide bonds. The molecule has 5 nitrogen and oxygen atoms in total. The first kappa shape index (κ1) is 14.9. The fraction of sp³-hybridized carbons (Fsp3) is 0.316. The summed E-state index contributed by atoms with van der Waals surface area (Å²) in [6, 6.07) is 18.9. The van der Waals surface area contributed by atoms with Crippen LogP contribution in [-0.4, -0.2) is 38.9 Å².